The van der Waals surface area contributed by atoms with Gasteiger partial charge in [-0.05, 0) is 67.6 Å². The van der Waals surface area contributed by atoms with Crippen LogP contribution >= 0.6 is 0 Å². The number of fused-ring (bicyclic) bond motifs is 3. The van der Waals surface area contributed by atoms with Crippen LogP contribution in [0.5, 0.6) is 0 Å². The van der Waals surface area contributed by atoms with Gasteiger partial charge in [-0.25, -0.2) is 0 Å². The number of pyridine rings is 2. The first-order valence-electron chi connectivity index (χ1n) is 11.8. The van der Waals surface area contributed by atoms with Crippen molar-refractivity contribution in [2.24, 2.45) is 0 Å². The molecule has 4 nitrogen and oxygen atoms in total. The molecule has 0 spiro atoms. The molecule has 0 aliphatic carbocycles. The molecule has 162 valence electrons. The maximum Gasteiger partial charge on any atom is 0.0967 e. The molecule has 0 saturated carbocycles. The van der Waals surface area contributed by atoms with E-state index in [0.717, 1.165) is 48.8 Å². The molecule has 5 aromatic rings. The minimum Gasteiger partial charge on any atom is -0.346 e. The zero-order chi connectivity index (χ0) is 21.8. The lowest BCUT2D eigenvalue weighted by molar-refractivity contribution is 0.606. The molecule has 0 N–H and O–H groups in total. The standard InChI is InChI=1S/C28H30N4/c1-2-3-18-31-20-7-11-25(31)26-12-8-21-32(26)19-5-4-9-22-15-17-30-28-24(22)14-13-23-10-6-16-29-27(23)28/h6-8,10-17,20-21H,2-5,9,18-19H2,1H3. The highest BCUT2D eigenvalue weighted by molar-refractivity contribution is 6.03. The summed E-state index contributed by atoms with van der Waals surface area (Å²) in [6.45, 7) is 4.37. The summed E-state index contributed by atoms with van der Waals surface area (Å²) >= 11 is 0. The number of nitrogens with zero attached hydrogens (tertiary/aromatic N) is 4. The monoisotopic (exact) mass is 422 g/mol. The molecule has 5 rings (SSSR count). The topological polar surface area (TPSA) is 35.6 Å². The zero-order valence-corrected chi connectivity index (χ0v) is 18.7. The summed E-state index contributed by atoms with van der Waals surface area (Å²) in [5.41, 5.74) is 6.01. The molecule has 4 heterocycles. The molecule has 32 heavy (non-hydrogen) atoms. The molecule has 0 aliphatic heterocycles. The van der Waals surface area contributed by atoms with E-state index < -0.39 is 0 Å². The van der Waals surface area contributed by atoms with Crippen molar-refractivity contribution in [3.63, 3.8) is 0 Å². The van der Waals surface area contributed by atoms with Gasteiger partial charge in [0.25, 0.3) is 0 Å². The summed E-state index contributed by atoms with van der Waals surface area (Å²) in [6, 6.07) is 19.4. The van der Waals surface area contributed by atoms with Crippen molar-refractivity contribution >= 4 is 21.8 Å². The van der Waals surface area contributed by atoms with Crippen molar-refractivity contribution in [1.29, 1.82) is 0 Å². The molecule has 0 aliphatic rings. The van der Waals surface area contributed by atoms with Crippen molar-refractivity contribution in [2.75, 3.05) is 0 Å². The molecular weight excluding hydrogens is 392 g/mol. The molecule has 0 atom stereocenters. The van der Waals surface area contributed by atoms with Gasteiger partial charge in [-0.2, -0.15) is 0 Å². The van der Waals surface area contributed by atoms with Crippen molar-refractivity contribution < 1.29 is 0 Å². The maximum absolute atomic E-state index is 4.64. The number of rotatable bonds is 9. The minimum absolute atomic E-state index is 0.995. The number of hydrogen-bond donors (Lipinski definition) is 0. The lowest BCUT2D eigenvalue weighted by atomic mass is 10.0. The van der Waals surface area contributed by atoms with Gasteiger partial charge in [0.15, 0.2) is 0 Å². The van der Waals surface area contributed by atoms with Crippen LogP contribution in [0.15, 0.2) is 79.4 Å². The Balaban J connectivity index is 1.27. The Kier molecular flexibility index (Phi) is 6.02. The van der Waals surface area contributed by atoms with E-state index in [1.54, 1.807) is 0 Å². The van der Waals surface area contributed by atoms with Crippen LogP contribution in [0.3, 0.4) is 0 Å². The largest absolute Gasteiger partial charge is 0.346 e. The van der Waals surface area contributed by atoms with Crippen molar-refractivity contribution in [1.82, 2.24) is 19.1 Å². The van der Waals surface area contributed by atoms with Crippen LogP contribution in [0, 0.1) is 0 Å². The highest BCUT2D eigenvalue weighted by Crippen LogP contribution is 2.26. The molecule has 0 bridgehead atoms. The Hall–Kier alpha value is -3.40. The molecule has 4 heteroatoms. The fourth-order valence-corrected chi connectivity index (χ4v) is 4.64. The van der Waals surface area contributed by atoms with E-state index in [0.29, 0.717) is 0 Å². The molecule has 0 radical (unpaired) electrons. The third kappa shape index (κ3) is 4.05. The maximum atomic E-state index is 4.64. The van der Waals surface area contributed by atoms with E-state index in [1.165, 1.54) is 35.2 Å². The third-order valence-corrected chi connectivity index (χ3v) is 6.34. The SMILES string of the molecule is CCCCn1cccc1-c1cccn1CCCCc1ccnc2c1ccc1cccnc12. The summed E-state index contributed by atoms with van der Waals surface area (Å²) < 4.78 is 4.79. The van der Waals surface area contributed by atoms with Gasteiger partial charge in [-0.1, -0.05) is 31.5 Å². The van der Waals surface area contributed by atoms with Gasteiger partial charge in [-0.15, -0.1) is 0 Å². The van der Waals surface area contributed by atoms with Gasteiger partial charge < -0.3 is 9.13 Å². The fraction of sp³-hybridized carbons (Fsp3) is 0.286. The first kappa shape index (κ1) is 20.5. The Bertz CT molecular complexity index is 1330. The average molecular weight is 423 g/mol. The molecule has 0 amide bonds. The second-order valence-corrected chi connectivity index (χ2v) is 8.49. The molecule has 0 fully saturated rings. The third-order valence-electron chi connectivity index (χ3n) is 6.34. The van der Waals surface area contributed by atoms with Crippen LogP contribution in [0.1, 0.15) is 38.2 Å². The van der Waals surface area contributed by atoms with Crippen LogP contribution in [0.2, 0.25) is 0 Å². The Morgan fingerprint density at radius 3 is 2.22 bits per heavy atom. The van der Waals surface area contributed by atoms with Gasteiger partial charge in [0.05, 0.1) is 22.4 Å². The van der Waals surface area contributed by atoms with Crippen LogP contribution < -0.4 is 0 Å². The lowest BCUT2D eigenvalue weighted by Crippen LogP contribution is -2.04. The summed E-state index contributed by atoms with van der Waals surface area (Å²) in [5, 5.41) is 2.38. The minimum atomic E-state index is 0.995. The zero-order valence-electron chi connectivity index (χ0n) is 18.7. The summed E-state index contributed by atoms with van der Waals surface area (Å²) in [6.07, 6.45) is 14.0. The van der Waals surface area contributed by atoms with E-state index in [1.807, 2.05) is 18.5 Å². The van der Waals surface area contributed by atoms with E-state index in [-0.39, 0.29) is 0 Å². The smallest absolute Gasteiger partial charge is 0.0967 e. The van der Waals surface area contributed by atoms with Crippen LogP contribution in [0.4, 0.5) is 0 Å². The van der Waals surface area contributed by atoms with Crippen molar-refractivity contribution in [3.8, 4) is 11.4 Å². The Labute approximate surface area is 189 Å². The van der Waals surface area contributed by atoms with E-state index in [9.17, 15) is 0 Å². The predicted octanol–water partition coefficient (Wildman–Crippen LogP) is 6.88. The van der Waals surface area contributed by atoms with E-state index >= 15 is 0 Å². The normalized spacial score (nSPS) is 11.5. The van der Waals surface area contributed by atoms with Gasteiger partial charge >= 0.3 is 0 Å². The number of unbranched alkanes of at least 4 members (excludes halogenated alkanes) is 2. The molecule has 0 unspecified atom stereocenters. The van der Waals surface area contributed by atoms with Gasteiger partial charge in [-0.3, -0.25) is 9.97 Å². The van der Waals surface area contributed by atoms with Crippen LogP contribution in [0.25, 0.3) is 33.2 Å². The highest BCUT2D eigenvalue weighted by atomic mass is 15.0. The lowest BCUT2D eigenvalue weighted by Gasteiger charge is -2.13. The molecule has 4 aromatic heterocycles. The average Bonchev–Trinajstić information content (AvgIpc) is 3.49. The van der Waals surface area contributed by atoms with Gasteiger partial charge in [0.1, 0.15) is 0 Å². The van der Waals surface area contributed by atoms with E-state index in [4.69, 9.17) is 0 Å². The predicted molar refractivity (Wildman–Crippen MR) is 133 cm³/mol. The second kappa shape index (κ2) is 9.39. The first-order chi connectivity index (χ1) is 15.8. The quantitative estimate of drug-likeness (QED) is 0.192. The number of benzene rings is 1. The van der Waals surface area contributed by atoms with Crippen molar-refractivity contribution in [3.05, 3.63) is 84.9 Å². The number of aromatic nitrogens is 4. The fourth-order valence-electron chi connectivity index (χ4n) is 4.64. The summed E-state index contributed by atoms with van der Waals surface area (Å²) in [5.74, 6) is 0. The molecule has 0 saturated heterocycles. The Morgan fingerprint density at radius 1 is 0.688 bits per heavy atom. The van der Waals surface area contributed by atoms with Crippen molar-refractivity contribution in [2.45, 2.75) is 52.1 Å². The summed E-state index contributed by atoms with van der Waals surface area (Å²) in [7, 11) is 0. The van der Waals surface area contributed by atoms with Crippen LogP contribution in [-0.2, 0) is 19.5 Å². The second-order valence-electron chi connectivity index (χ2n) is 8.49. The van der Waals surface area contributed by atoms with Crippen LogP contribution in [-0.4, -0.2) is 19.1 Å². The Morgan fingerprint density at radius 2 is 1.44 bits per heavy atom. The van der Waals surface area contributed by atoms with Gasteiger partial charge in [0, 0.05) is 48.6 Å². The van der Waals surface area contributed by atoms with Gasteiger partial charge in [0.2, 0.25) is 0 Å². The summed E-state index contributed by atoms with van der Waals surface area (Å²) in [4.78, 5) is 9.21. The number of aryl methyl sites for hydroxylation is 3. The first-order valence-corrected chi connectivity index (χ1v) is 11.8. The number of hydrogen-bond acceptors (Lipinski definition) is 2. The molecular formula is C28H30N4. The van der Waals surface area contributed by atoms with E-state index in [2.05, 4.69) is 87.0 Å². The highest BCUT2D eigenvalue weighted by Gasteiger charge is 2.10. The molecule has 1 aromatic carbocycles.